The lowest BCUT2D eigenvalue weighted by Gasteiger charge is -2.17. The van der Waals surface area contributed by atoms with Gasteiger partial charge in [0.15, 0.2) is 4.88 Å². The smallest absolute Gasteiger partial charge is 0.222 e. The van der Waals surface area contributed by atoms with Crippen molar-refractivity contribution in [2.24, 2.45) is 0 Å². The van der Waals surface area contributed by atoms with E-state index in [0.717, 1.165) is 0 Å². The first-order valence-corrected chi connectivity index (χ1v) is 7.81. The van der Waals surface area contributed by atoms with Crippen LogP contribution in [0.1, 0.15) is 10.4 Å². The molecule has 0 unspecified atom stereocenters. The normalized spacial score (nSPS) is 10.8. The van der Waals surface area contributed by atoms with Crippen molar-refractivity contribution in [1.82, 2.24) is 0 Å². The maximum atomic E-state index is 8.49. The predicted octanol–water partition coefficient (Wildman–Crippen LogP) is -0.381. The highest BCUT2D eigenvalue weighted by Gasteiger charge is 2.12. The van der Waals surface area contributed by atoms with Crippen molar-refractivity contribution in [3.05, 3.63) is 39.4 Å². The van der Waals surface area contributed by atoms with Crippen LogP contribution in [0.25, 0.3) is 10.4 Å². The maximum absolute atomic E-state index is 8.49. The molecule has 0 aliphatic carbocycles. The van der Waals surface area contributed by atoms with Crippen LogP contribution in [0.3, 0.4) is 0 Å². The van der Waals surface area contributed by atoms with Crippen LogP contribution >= 0.6 is 22.7 Å². The lowest BCUT2D eigenvalue weighted by Crippen LogP contribution is -2.68. The molecule has 0 saturated carbocycles. The van der Waals surface area contributed by atoms with E-state index < -0.39 is 10.2 Å². The van der Waals surface area contributed by atoms with Gasteiger partial charge in [-0.1, -0.05) is 29.8 Å². The first-order valence-electron chi connectivity index (χ1n) is 4.82. The molecule has 0 aliphatic heterocycles. The molecule has 2 rings (SSSR count). The number of hydrogen-bond donors (Lipinski definition) is 0. The number of aryl methyl sites for hydroxylation is 2. The van der Waals surface area contributed by atoms with Gasteiger partial charge in [0.1, 0.15) is 4.88 Å². The summed E-state index contributed by atoms with van der Waals surface area (Å²) < 4.78 is 36.2. The minimum atomic E-state index is -4.94. The van der Waals surface area contributed by atoms with Crippen molar-refractivity contribution in [2.45, 2.75) is 13.8 Å². The molecule has 1 aromatic heterocycles. The SMILES string of the molecule is Cc1ccc(-c2[s+]csc2C)cc1.[O-][Cl+3]([O-])([O-])[O-]. The molecule has 0 amide bonds. The number of rotatable bonds is 1. The van der Waals surface area contributed by atoms with Gasteiger partial charge in [-0.2, -0.15) is 0 Å². The van der Waals surface area contributed by atoms with E-state index in [0.29, 0.717) is 0 Å². The molecule has 7 heteroatoms. The summed E-state index contributed by atoms with van der Waals surface area (Å²) in [5.74, 6) is 0. The minimum absolute atomic E-state index is 1.32. The molecule has 0 N–H and O–H groups in total. The summed E-state index contributed by atoms with van der Waals surface area (Å²) in [4.78, 5) is 2.82. The molecule has 18 heavy (non-hydrogen) atoms. The fourth-order valence-corrected chi connectivity index (χ4v) is 3.36. The number of hydrogen-bond acceptors (Lipinski definition) is 5. The molecular formula is C11H11ClO4S2. The second kappa shape index (κ2) is 6.53. The van der Waals surface area contributed by atoms with Gasteiger partial charge in [-0.3, -0.25) is 0 Å². The van der Waals surface area contributed by atoms with Gasteiger partial charge in [0.2, 0.25) is 4.69 Å². The van der Waals surface area contributed by atoms with Gasteiger partial charge >= 0.3 is 0 Å². The Morgan fingerprint density at radius 3 is 1.89 bits per heavy atom. The van der Waals surface area contributed by atoms with Crippen molar-refractivity contribution < 1.29 is 28.9 Å². The first-order chi connectivity index (χ1) is 8.27. The Morgan fingerprint density at radius 1 is 1.00 bits per heavy atom. The van der Waals surface area contributed by atoms with Crippen LogP contribution in [-0.4, -0.2) is 0 Å². The molecule has 0 spiro atoms. The third-order valence-electron chi connectivity index (χ3n) is 2.02. The largest absolute Gasteiger partial charge is 0.243 e. The van der Waals surface area contributed by atoms with E-state index in [1.54, 1.807) is 0 Å². The van der Waals surface area contributed by atoms with Crippen LogP contribution in [0.5, 0.6) is 0 Å². The Hall–Kier alpha value is -0.600. The van der Waals surface area contributed by atoms with E-state index in [1.165, 1.54) is 20.9 Å². The van der Waals surface area contributed by atoms with Gasteiger partial charge in [-0.25, -0.2) is 18.6 Å². The van der Waals surface area contributed by atoms with Crippen LogP contribution in [-0.2, 0) is 0 Å². The highest BCUT2D eigenvalue weighted by Crippen LogP contribution is 2.31. The molecule has 1 aromatic carbocycles. The second-order valence-corrected chi connectivity index (χ2v) is 6.48. The quantitative estimate of drug-likeness (QED) is 0.671. The molecule has 0 bridgehead atoms. The van der Waals surface area contributed by atoms with Crippen LogP contribution < -0.4 is 18.6 Å². The van der Waals surface area contributed by atoms with Gasteiger partial charge in [-0.05, 0) is 13.8 Å². The van der Waals surface area contributed by atoms with Crippen LogP contribution in [0.15, 0.2) is 29.0 Å². The van der Waals surface area contributed by atoms with E-state index in [-0.39, 0.29) is 0 Å². The Morgan fingerprint density at radius 2 is 1.50 bits per heavy atom. The van der Waals surface area contributed by atoms with Crippen molar-refractivity contribution in [1.29, 1.82) is 0 Å². The standard InChI is InChI=1S/C11H11S2.ClHO4/c1-8-3-5-10(6-4-8)11-9(2)12-7-13-11;2-1(3,4)5/h3-7H,1-2H3;(H,2,3,4,5)/q+1;/p-1. The number of halogens is 1. The second-order valence-electron chi connectivity index (χ2n) is 3.46. The Bertz CT molecular complexity index is 484. The molecule has 0 radical (unpaired) electrons. The maximum Gasteiger partial charge on any atom is 0.243 e. The summed E-state index contributed by atoms with van der Waals surface area (Å²) in [7, 11) is -4.94. The summed E-state index contributed by atoms with van der Waals surface area (Å²) in [6.45, 7) is 4.30. The van der Waals surface area contributed by atoms with Gasteiger partial charge in [0.25, 0.3) is 0 Å². The minimum Gasteiger partial charge on any atom is -0.222 e. The lowest BCUT2D eigenvalue weighted by molar-refractivity contribution is -2.00. The van der Waals surface area contributed by atoms with Gasteiger partial charge in [-0.15, -0.1) is 10.2 Å². The van der Waals surface area contributed by atoms with Gasteiger partial charge in [0.05, 0.1) is 22.7 Å². The molecule has 98 valence electrons. The van der Waals surface area contributed by atoms with Gasteiger partial charge in [0, 0.05) is 5.56 Å². The van der Waals surface area contributed by atoms with Crippen molar-refractivity contribution in [3.8, 4) is 10.4 Å². The van der Waals surface area contributed by atoms with E-state index in [1.807, 2.05) is 22.7 Å². The molecule has 0 aliphatic rings. The summed E-state index contributed by atoms with van der Waals surface area (Å²) >= 11 is 3.65. The topological polar surface area (TPSA) is 92.2 Å². The summed E-state index contributed by atoms with van der Waals surface area (Å²) in [6.07, 6.45) is 0. The molecule has 0 saturated heterocycles. The van der Waals surface area contributed by atoms with Crippen molar-refractivity contribution >= 4 is 22.7 Å². The average molecular weight is 307 g/mol. The highest BCUT2D eigenvalue weighted by atomic mass is 35.7. The molecule has 4 nitrogen and oxygen atoms in total. The fourth-order valence-electron chi connectivity index (χ4n) is 1.26. The molecular weight excluding hydrogens is 296 g/mol. The predicted molar refractivity (Wildman–Crippen MR) is 61.5 cm³/mol. The van der Waals surface area contributed by atoms with E-state index in [4.69, 9.17) is 18.6 Å². The van der Waals surface area contributed by atoms with E-state index in [9.17, 15) is 0 Å². The monoisotopic (exact) mass is 306 g/mol. The van der Waals surface area contributed by atoms with Crippen molar-refractivity contribution in [2.75, 3.05) is 0 Å². The zero-order valence-corrected chi connectivity index (χ0v) is 12.1. The Balaban J connectivity index is 0.000000280. The Labute approximate surface area is 115 Å². The summed E-state index contributed by atoms with van der Waals surface area (Å²) in [5, 5.41) is 0. The third-order valence-corrected chi connectivity index (χ3v) is 4.26. The van der Waals surface area contributed by atoms with Crippen molar-refractivity contribution in [3.63, 3.8) is 0 Å². The van der Waals surface area contributed by atoms with Gasteiger partial charge < -0.3 is 0 Å². The lowest BCUT2D eigenvalue weighted by atomic mass is 10.1. The highest BCUT2D eigenvalue weighted by molar-refractivity contribution is 7.30. The first kappa shape index (κ1) is 15.5. The Kier molecular flexibility index (Phi) is 5.61. The molecule has 1 heterocycles. The number of benzene rings is 1. The van der Waals surface area contributed by atoms with Crippen LogP contribution in [0.2, 0.25) is 0 Å². The molecule has 0 fully saturated rings. The van der Waals surface area contributed by atoms with Crippen LogP contribution in [0, 0.1) is 24.1 Å². The van der Waals surface area contributed by atoms with E-state index >= 15 is 0 Å². The zero-order valence-electron chi connectivity index (χ0n) is 9.71. The van der Waals surface area contributed by atoms with Crippen LogP contribution in [0.4, 0.5) is 0 Å². The van der Waals surface area contributed by atoms with E-state index in [2.05, 4.69) is 42.8 Å². The zero-order chi connectivity index (χ0) is 13.8. The fraction of sp³-hybridized carbons (Fsp3) is 0.182. The molecule has 2 aromatic rings. The summed E-state index contributed by atoms with van der Waals surface area (Å²) in [5.41, 5.74) is 2.66. The summed E-state index contributed by atoms with van der Waals surface area (Å²) in [6, 6.07) is 8.72. The third kappa shape index (κ3) is 5.83. The average Bonchev–Trinajstić information content (AvgIpc) is 2.63. The molecule has 0 atom stereocenters.